The highest BCUT2D eigenvalue weighted by atomic mass is 16.1. The van der Waals surface area contributed by atoms with Gasteiger partial charge in [-0.2, -0.15) is 4.99 Å². The van der Waals surface area contributed by atoms with Gasteiger partial charge in [0.25, 0.3) is 0 Å². The monoisotopic (exact) mass is 241 g/mol. The zero-order chi connectivity index (χ0) is 12.6. The fourth-order valence-corrected chi connectivity index (χ4v) is 3.58. The number of carbonyl (C=O) groups excluding carboxylic acids is 2. The summed E-state index contributed by atoms with van der Waals surface area (Å²) in [6.45, 7) is 0. The summed E-state index contributed by atoms with van der Waals surface area (Å²) < 4.78 is 0. The molecular weight excluding hydrogens is 226 g/mol. The van der Waals surface area contributed by atoms with E-state index < -0.39 is 5.54 Å². The van der Waals surface area contributed by atoms with Crippen molar-refractivity contribution in [3.05, 3.63) is 35.4 Å². The highest BCUT2D eigenvalue weighted by molar-refractivity contribution is 5.99. The molecule has 0 aromatic heterocycles. The summed E-state index contributed by atoms with van der Waals surface area (Å²) in [4.78, 5) is 27.1. The molecule has 0 aliphatic heterocycles. The van der Waals surface area contributed by atoms with Gasteiger partial charge < -0.3 is 0 Å². The number of rotatable bonds is 1. The first-order chi connectivity index (χ1) is 8.78. The lowest BCUT2D eigenvalue weighted by atomic mass is 9.62. The van der Waals surface area contributed by atoms with Crippen molar-refractivity contribution in [3.8, 4) is 0 Å². The predicted molar refractivity (Wildman–Crippen MR) is 67.1 cm³/mol. The summed E-state index contributed by atoms with van der Waals surface area (Å²) in [6.07, 6.45) is 6.28. The number of fused-ring (bicyclic) bond motifs is 3. The zero-order valence-electron chi connectivity index (χ0n) is 10.2. The Morgan fingerprint density at radius 1 is 1.28 bits per heavy atom. The lowest BCUT2D eigenvalue weighted by Crippen LogP contribution is -2.42. The molecule has 92 valence electrons. The van der Waals surface area contributed by atoms with E-state index >= 15 is 0 Å². The molecule has 1 fully saturated rings. The average molecular weight is 241 g/mol. The molecule has 2 atom stereocenters. The quantitative estimate of drug-likeness (QED) is 0.560. The first kappa shape index (κ1) is 11.4. The predicted octanol–water partition coefficient (Wildman–Crippen LogP) is 2.99. The fourth-order valence-electron chi connectivity index (χ4n) is 3.58. The maximum absolute atomic E-state index is 12.1. The average Bonchev–Trinajstić information content (AvgIpc) is 2.41. The SMILES string of the molecule is O=C=NC12CCCCC1CC(=O)c1ccccc12. The van der Waals surface area contributed by atoms with Crippen LogP contribution in [0.1, 0.15) is 48.0 Å². The third kappa shape index (κ3) is 1.48. The highest BCUT2D eigenvalue weighted by Crippen LogP contribution is 2.50. The molecular formula is C15H15NO2. The van der Waals surface area contributed by atoms with Crippen LogP contribution in [0.2, 0.25) is 0 Å². The smallest absolute Gasteiger partial charge is 0.235 e. The van der Waals surface area contributed by atoms with E-state index in [1.54, 1.807) is 6.08 Å². The number of Topliss-reactive ketones (excluding diaryl/α,β-unsaturated/α-hetero) is 1. The zero-order valence-corrected chi connectivity index (χ0v) is 10.2. The van der Waals surface area contributed by atoms with Crippen LogP contribution in [0.25, 0.3) is 0 Å². The minimum absolute atomic E-state index is 0.176. The van der Waals surface area contributed by atoms with E-state index in [1.807, 2.05) is 24.3 Å². The summed E-state index contributed by atoms with van der Waals surface area (Å²) in [5, 5.41) is 0. The van der Waals surface area contributed by atoms with Gasteiger partial charge >= 0.3 is 0 Å². The molecule has 3 heteroatoms. The summed E-state index contributed by atoms with van der Waals surface area (Å²) in [5.41, 5.74) is 1.20. The maximum Gasteiger partial charge on any atom is 0.235 e. The summed E-state index contributed by atoms with van der Waals surface area (Å²) in [6, 6.07) is 7.60. The van der Waals surface area contributed by atoms with Crippen molar-refractivity contribution in [1.82, 2.24) is 0 Å². The number of isocyanates is 1. The third-order valence-electron chi connectivity index (χ3n) is 4.41. The standard InChI is InChI=1S/C15H15NO2/c17-10-16-15-8-4-3-5-11(15)9-14(18)12-6-1-2-7-13(12)15/h1-2,6-7,11H,3-5,8-9H2. The highest BCUT2D eigenvalue weighted by Gasteiger charge is 2.48. The van der Waals surface area contributed by atoms with Crippen molar-refractivity contribution in [2.45, 2.75) is 37.6 Å². The largest absolute Gasteiger partial charge is 0.294 e. The number of ketones is 1. The molecule has 0 bridgehead atoms. The van der Waals surface area contributed by atoms with Crippen LogP contribution in [-0.4, -0.2) is 11.9 Å². The number of aliphatic imine (C=N–C) groups is 1. The van der Waals surface area contributed by atoms with Crippen LogP contribution in [0.15, 0.2) is 29.3 Å². The molecule has 0 radical (unpaired) electrons. The van der Waals surface area contributed by atoms with Gasteiger partial charge in [0.05, 0.1) is 0 Å². The van der Waals surface area contributed by atoms with E-state index in [-0.39, 0.29) is 11.7 Å². The van der Waals surface area contributed by atoms with Gasteiger partial charge in [0.1, 0.15) is 5.54 Å². The van der Waals surface area contributed by atoms with E-state index in [9.17, 15) is 9.59 Å². The molecule has 0 spiro atoms. The minimum atomic E-state index is -0.482. The number of nitrogens with zero attached hydrogens (tertiary/aromatic N) is 1. The second kappa shape index (κ2) is 4.18. The molecule has 0 amide bonds. The lowest BCUT2D eigenvalue weighted by molar-refractivity contribution is 0.0849. The normalized spacial score (nSPS) is 30.0. The van der Waals surface area contributed by atoms with E-state index in [2.05, 4.69) is 4.99 Å². The Labute approximate surface area is 106 Å². The first-order valence-electron chi connectivity index (χ1n) is 6.50. The van der Waals surface area contributed by atoms with E-state index in [0.29, 0.717) is 6.42 Å². The number of hydrogen-bond donors (Lipinski definition) is 0. The van der Waals surface area contributed by atoms with Crippen LogP contribution in [-0.2, 0) is 10.3 Å². The van der Waals surface area contributed by atoms with Crippen molar-refractivity contribution < 1.29 is 9.59 Å². The molecule has 1 aromatic carbocycles. The number of benzene rings is 1. The molecule has 3 nitrogen and oxygen atoms in total. The topological polar surface area (TPSA) is 46.5 Å². The maximum atomic E-state index is 12.1. The Bertz CT molecular complexity index is 545. The number of hydrogen-bond acceptors (Lipinski definition) is 3. The van der Waals surface area contributed by atoms with Gasteiger partial charge in [-0.25, -0.2) is 4.79 Å². The Kier molecular flexibility index (Phi) is 2.64. The van der Waals surface area contributed by atoms with Gasteiger partial charge in [-0.3, -0.25) is 4.79 Å². The second-order valence-corrected chi connectivity index (χ2v) is 5.24. The van der Waals surface area contributed by atoms with Gasteiger partial charge in [0.15, 0.2) is 5.78 Å². The molecule has 2 aliphatic rings. The van der Waals surface area contributed by atoms with E-state index in [0.717, 1.165) is 36.8 Å². The van der Waals surface area contributed by atoms with Gasteiger partial charge in [0.2, 0.25) is 6.08 Å². The van der Waals surface area contributed by atoms with Crippen molar-refractivity contribution in [1.29, 1.82) is 0 Å². The van der Waals surface area contributed by atoms with Crippen LogP contribution >= 0.6 is 0 Å². The van der Waals surface area contributed by atoms with Crippen molar-refractivity contribution in [2.75, 3.05) is 0 Å². The molecule has 2 unspecified atom stereocenters. The van der Waals surface area contributed by atoms with Gasteiger partial charge in [0, 0.05) is 12.0 Å². The third-order valence-corrected chi connectivity index (χ3v) is 4.41. The summed E-state index contributed by atoms with van der Waals surface area (Å²) >= 11 is 0. The molecule has 0 N–H and O–H groups in total. The van der Waals surface area contributed by atoms with E-state index in [1.165, 1.54) is 0 Å². The molecule has 0 saturated heterocycles. The van der Waals surface area contributed by atoms with Gasteiger partial charge in [-0.15, -0.1) is 0 Å². The van der Waals surface area contributed by atoms with Crippen LogP contribution in [0.3, 0.4) is 0 Å². The second-order valence-electron chi connectivity index (χ2n) is 5.24. The Hall–Kier alpha value is -1.73. The van der Waals surface area contributed by atoms with Crippen LogP contribution in [0.5, 0.6) is 0 Å². The summed E-state index contributed by atoms with van der Waals surface area (Å²) in [7, 11) is 0. The van der Waals surface area contributed by atoms with E-state index in [4.69, 9.17) is 0 Å². The summed E-state index contributed by atoms with van der Waals surface area (Å²) in [5.74, 6) is 0.365. The van der Waals surface area contributed by atoms with Crippen molar-refractivity contribution in [3.63, 3.8) is 0 Å². The van der Waals surface area contributed by atoms with Crippen LogP contribution in [0.4, 0.5) is 0 Å². The Morgan fingerprint density at radius 3 is 2.94 bits per heavy atom. The van der Waals surface area contributed by atoms with Crippen molar-refractivity contribution in [2.24, 2.45) is 10.9 Å². The fraction of sp³-hybridized carbons (Fsp3) is 0.467. The van der Waals surface area contributed by atoms with Crippen LogP contribution < -0.4 is 0 Å². The Balaban J connectivity index is 2.23. The van der Waals surface area contributed by atoms with Crippen molar-refractivity contribution >= 4 is 11.9 Å². The van der Waals surface area contributed by atoms with Crippen LogP contribution in [0, 0.1) is 5.92 Å². The molecule has 1 saturated carbocycles. The number of carbonyl (C=O) groups is 1. The molecule has 0 heterocycles. The molecule has 1 aromatic rings. The Morgan fingerprint density at radius 2 is 2.11 bits per heavy atom. The lowest BCUT2D eigenvalue weighted by Gasteiger charge is -2.44. The molecule has 2 aliphatic carbocycles. The molecule has 18 heavy (non-hydrogen) atoms. The van der Waals surface area contributed by atoms with Gasteiger partial charge in [-0.05, 0) is 24.3 Å². The van der Waals surface area contributed by atoms with Gasteiger partial charge in [-0.1, -0.05) is 37.1 Å². The first-order valence-corrected chi connectivity index (χ1v) is 6.50. The molecule has 3 rings (SSSR count). The minimum Gasteiger partial charge on any atom is -0.294 e.